The quantitative estimate of drug-likeness (QED) is 0.765. The Kier molecular flexibility index (Phi) is 5.51. The van der Waals surface area contributed by atoms with E-state index in [0.717, 1.165) is 21.1 Å². The topological polar surface area (TPSA) is 54.5 Å². The van der Waals surface area contributed by atoms with E-state index in [2.05, 4.69) is 0 Å². The fourth-order valence-electron chi connectivity index (χ4n) is 2.50. The molecule has 1 aliphatic heterocycles. The van der Waals surface area contributed by atoms with Crippen molar-refractivity contribution in [1.82, 2.24) is 4.90 Å². The Balaban J connectivity index is 2.16. The first-order chi connectivity index (χ1) is 9.85. The predicted octanol–water partition coefficient (Wildman–Crippen LogP) is 2.36. The predicted molar refractivity (Wildman–Crippen MR) is 90.3 cm³/mol. The molecule has 1 aromatic rings. The number of aryl methyl sites for hydroxylation is 2. The van der Waals surface area contributed by atoms with Crippen LogP contribution in [0.5, 0.6) is 0 Å². The van der Waals surface area contributed by atoms with Crippen molar-refractivity contribution < 1.29 is 13.2 Å². The molecule has 7 heteroatoms. The minimum atomic E-state index is -3.15. The largest absolute Gasteiger partial charge is 0.293 e. The molecule has 1 unspecified atom stereocenters. The number of hydrogen-bond donors (Lipinski definition) is 0. The van der Waals surface area contributed by atoms with Crippen LogP contribution in [0.4, 0.5) is 0 Å². The first-order valence-corrected chi connectivity index (χ1v) is 10.7. The molecule has 21 heavy (non-hydrogen) atoms. The number of nitrogens with zero attached hydrogens (tertiary/aromatic N) is 1. The monoisotopic (exact) mass is 347 g/mol. The van der Waals surface area contributed by atoms with Gasteiger partial charge in [0, 0.05) is 39.1 Å². The van der Waals surface area contributed by atoms with Crippen molar-refractivity contribution in [3.8, 4) is 0 Å². The molecule has 1 fully saturated rings. The molecular formula is C14H21NO3S3. The number of hydrogen-bond acceptors (Lipinski definition) is 6. The van der Waals surface area contributed by atoms with Crippen LogP contribution in [0.15, 0.2) is 6.07 Å². The number of thiophene rings is 1. The number of sulfone groups is 1. The Bertz CT molecular complexity index is 621. The fourth-order valence-corrected chi connectivity index (χ4v) is 6.52. The number of ketones is 1. The highest BCUT2D eigenvalue weighted by Gasteiger charge is 2.34. The molecular weight excluding hydrogens is 326 g/mol. The maximum Gasteiger partial charge on any atom is 0.177 e. The standard InChI is InChI=1S/C14H21NO3S3/c1-4-21(17,18)14-9-19-6-5-15(14)8-13(16)12-7-10(2)20-11(12)3/h7,14H,4-6,8-9H2,1-3H3. The Morgan fingerprint density at radius 3 is 2.71 bits per heavy atom. The third-order valence-corrected chi connectivity index (χ3v) is 7.99. The highest BCUT2D eigenvalue weighted by Crippen LogP contribution is 2.24. The number of carbonyl (C=O) groups is 1. The Labute approximate surface area is 134 Å². The van der Waals surface area contributed by atoms with E-state index in [9.17, 15) is 13.2 Å². The lowest BCUT2D eigenvalue weighted by atomic mass is 10.1. The summed E-state index contributed by atoms with van der Waals surface area (Å²) in [5.41, 5.74) is 0.739. The van der Waals surface area contributed by atoms with E-state index >= 15 is 0 Å². The van der Waals surface area contributed by atoms with Gasteiger partial charge in [-0.2, -0.15) is 11.8 Å². The molecule has 2 heterocycles. The maximum atomic E-state index is 12.5. The zero-order chi connectivity index (χ0) is 15.6. The molecule has 0 bridgehead atoms. The van der Waals surface area contributed by atoms with E-state index in [0.29, 0.717) is 12.3 Å². The van der Waals surface area contributed by atoms with Crippen LogP contribution in [-0.2, 0) is 9.84 Å². The second-order valence-corrected chi connectivity index (χ2v) is 10.3. The van der Waals surface area contributed by atoms with Crippen LogP contribution in [0.1, 0.15) is 27.0 Å². The summed E-state index contributed by atoms with van der Waals surface area (Å²) in [5.74, 6) is 1.59. The Hall–Kier alpha value is -0.370. The van der Waals surface area contributed by atoms with Crippen molar-refractivity contribution in [2.75, 3.05) is 30.3 Å². The molecule has 0 N–H and O–H groups in total. The number of rotatable bonds is 5. The number of thioether (sulfide) groups is 1. The van der Waals surface area contributed by atoms with E-state index < -0.39 is 15.2 Å². The zero-order valence-electron chi connectivity index (χ0n) is 12.6. The minimum absolute atomic E-state index is 0.0278. The van der Waals surface area contributed by atoms with Gasteiger partial charge in [0.15, 0.2) is 15.6 Å². The molecule has 1 aliphatic rings. The van der Waals surface area contributed by atoms with Gasteiger partial charge in [0.1, 0.15) is 5.37 Å². The van der Waals surface area contributed by atoms with Crippen molar-refractivity contribution in [3.05, 3.63) is 21.4 Å². The first-order valence-electron chi connectivity index (χ1n) is 6.98. The van der Waals surface area contributed by atoms with Crippen LogP contribution in [0, 0.1) is 13.8 Å². The number of carbonyl (C=O) groups excluding carboxylic acids is 1. The molecule has 0 saturated carbocycles. The third kappa shape index (κ3) is 3.88. The summed E-state index contributed by atoms with van der Waals surface area (Å²) in [6.45, 7) is 6.44. The second-order valence-electron chi connectivity index (χ2n) is 5.20. The fraction of sp³-hybridized carbons (Fsp3) is 0.643. The summed E-state index contributed by atoms with van der Waals surface area (Å²) in [7, 11) is -3.15. The SMILES string of the molecule is CCS(=O)(=O)C1CSCCN1CC(=O)c1cc(C)sc1C. The van der Waals surface area contributed by atoms with Gasteiger partial charge >= 0.3 is 0 Å². The Morgan fingerprint density at radius 1 is 1.43 bits per heavy atom. The molecule has 118 valence electrons. The Morgan fingerprint density at radius 2 is 2.14 bits per heavy atom. The van der Waals surface area contributed by atoms with Crippen LogP contribution in [0.3, 0.4) is 0 Å². The summed E-state index contributed by atoms with van der Waals surface area (Å²) < 4.78 is 24.4. The molecule has 4 nitrogen and oxygen atoms in total. The molecule has 1 atom stereocenters. The van der Waals surface area contributed by atoms with Crippen LogP contribution in [-0.4, -0.2) is 54.8 Å². The van der Waals surface area contributed by atoms with Gasteiger partial charge in [-0.15, -0.1) is 11.3 Å². The van der Waals surface area contributed by atoms with Crippen LogP contribution < -0.4 is 0 Å². The average Bonchev–Trinajstić information content (AvgIpc) is 2.78. The average molecular weight is 348 g/mol. The van der Waals surface area contributed by atoms with Gasteiger partial charge in [-0.1, -0.05) is 6.92 Å². The van der Waals surface area contributed by atoms with E-state index in [1.165, 1.54) is 0 Å². The van der Waals surface area contributed by atoms with Gasteiger partial charge in [-0.05, 0) is 19.9 Å². The van der Waals surface area contributed by atoms with Crippen molar-refractivity contribution in [1.29, 1.82) is 0 Å². The highest BCUT2D eigenvalue weighted by atomic mass is 32.2. The van der Waals surface area contributed by atoms with Crippen LogP contribution in [0.25, 0.3) is 0 Å². The molecule has 0 radical (unpaired) electrons. The van der Waals surface area contributed by atoms with Gasteiger partial charge in [-0.3, -0.25) is 9.69 Å². The summed E-state index contributed by atoms with van der Waals surface area (Å²) in [5, 5.41) is -0.523. The summed E-state index contributed by atoms with van der Waals surface area (Å²) in [6.07, 6.45) is 0. The maximum absolute atomic E-state index is 12.5. The van der Waals surface area contributed by atoms with Gasteiger partial charge in [0.25, 0.3) is 0 Å². The van der Waals surface area contributed by atoms with Crippen LogP contribution in [0.2, 0.25) is 0 Å². The molecule has 0 aliphatic carbocycles. The first kappa shape index (κ1) is 17.0. The number of Topliss-reactive ketones (excluding diaryl/α,β-unsaturated/α-hetero) is 1. The summed E-state index contributed by atoms with van der Waals surface area (Å²) >= 11 is 3.26. The van der Waals surface area contributed by atoms with Gasteiger partial charge < -0.3 is 0 Å². The second kappa shape index (κ2) is 6.81. The van der Waals surface area contributed by atoms with E-state index in [1.807, 2.05) is 24.8 Å². The van der Waals surface area contributed by atoms with Gasteiger partial charge in [0.2, 0.25) is 0 Å². The van der Waals surface area contributed by atoms with Gasteiger partial charge in [-0.25, -0.2) is 8.42 Å². The van der Waals surface area contributed by atoms with E-state index in [-0.39, 0.29) is 18.1 Å². The van der Waals surface area contributed by atoms with Crippen molar-refractivity contribution in [2.45, 2.75) is 26.1 Å². The lowest BCUT2D eigenvalue weighted by Crippen LogP contribution is -2.49. The van der Waals surface area contributed by atoms with Crippen molar-refractivity contribution in [2.24, 2.45) is 0 Å². The smallest absolute Gasteiger partial charge is 0.177 e. The molecule has 1 aromatic heterocycles. The molecule has 0 spiro atoms. The molecule has 0 aromatic carbocycles. The molecule has 1 saturated heterocycles. The van der Waals surface area contributed by atoms with Crippen molar-refractivity contribution >= 4 is 38.7 Å². The normalized spacial score (nSPS) is 20.6. The molecule has 2 rings (SSSR count). The zero-order valence-corrected chi connectivity index (χ0v) is 15.0. The summed E-state index contributed by atoms with van der Waals surface area (Å²) in [4.78, 5) is 16.4. The lowest BCUT2D eigenvalue weighted by Gasteiger charge is -2.34. The molecule has 0 amide bonds. The van der Waals surface area contributed by atoms with Crippen LogP contribution >= 0.6 is 23.1 Å². The third-order valence-electron chi connectivity index (χ3n) is 3.70. The highest BCUT2D eigenvalue weighted by molar-refractivity contribution is 8.01. The van der Waals surface area contributed by atoms with Crippen molar-refractivity contribution in [3.63, 3.8) is 0 Å². The summed E-state index contributed by atoms with van der Waals surface area (Å²) in [6, 6.07) is 1.91. The van der Waals surface area contributed by atoms with E-state index in [1.54, 1.807) is 30.0 Å². The minimum Gasteiger partial charge on any atom is -0.293 e. The van der Waals surface area contributed by atoms with Gasteiger partial charge in [0.05, 0.1) is 6.54 Å². The van der Waals surface area contributed by atoms with E-state index in [4.69, 9.17) is 0 Å². The lowest BCUT2D eigenvalue weighted by molar-refractivity contribution is 0.0928.